The van der Waals surface area contributed by atoms with E-state index >= 15 is 0 Å². The summed E-state index contributed by atoms with van der Waals surface area (Å²) >= 11 is 0. The number of rotatable bonds is 11. The van der Waals surface area contributed by atoms with Crippen LogP contribution in [-0.2, 0) is 17.6 Å². The molecule has 2 aromatic carbocycles. The summed E-state index contributed by atoms with van der Waals surface area (Å²) in [7, 11) is 5.58. The largest absolute Gasteiger partial charge is 0.497 e. The molecule has 7 nitrogen and oxygen atoms in total. The van der Waals surface area contributed by atoms with E-state index < -0.39 is 22.9 Å². The second-order valence-corrected chi connectivity index (χ2v) is 10.8. The van der Waals surface area contributed by atoms with Gasteiger partial charge in [-0.25, -0.2) is 18.7 Å². The van der Waals surface area contributed by atoms with Crippen LogP contribution in [0.1, 0.15) is 43.2 Å². The highest BCUT2D eigenvalue weighted by Crippen LogP contribution is 2.38. The summed E-state index contributed by atoms with van der Waals surface area (Å²) in [6.45, 7) is 1.88. The zero-order valence-electron chi connectivity index (χ0n) is 23.3. The molecule has 3 aromatic rings. The van der Waals surface area contributed by atoms with Crippen LogP contribution in [0.15, 0.2) is 36.5 Å². The lowest BCUT2D eigenvalue weighted by Gasteiger charge is -2.40. The van der Waals surface area contributed by atoms with E-state index in [9.17, 15) is 23.2 Å². The quantitative estimate of drug-likeness (QED) is 0.190. The second-order valence-electron chi connectivity index (χ2n) is 10.8. The topological polar surface area (TPSA) is 77.9 Å². The van der Waals surface area contributed by atoms with E-state index in [1.54, 1.807) is 7.11 Å². The number of hydrogen-bond acceptors (Lipinski definition) is 6. The highest BCUT2D eigenvalue weighted by Gasteiger charge is 2.40. The van der Waals surface area contributed by atoms with Crippen molar-refractivity contribution in [3.63, 3.8) is 0 Å². The van der Waals surface area contributed by atoms with Gasteiger partial charge in [0.15, 0.2) is 11.6 Å². The molecule has 10 heteroatoms. The fourth-order valence-corrected chi connectivity index (χ4v) is 5.79. The Bertz CT molecular complexity index is 1340. The number of hydrogen-bond donors (Lipinski definition) is 2. The smallest absolute Gasteiger partial charge is 0.249 e. The number of methoxy groups -OCH3 is 1. The SMILES string of the molecule is COc1ccc2ncc(N(C)C)c(CCCC3(C(=O)NO)CCN(CCCc4cc(F)cc(F)c4F)CC3)c2c1. The molecule has 1 aromatic heterocycles. The van der Waals surface area contributed by atoms with Gasteiger partial charge in [0.1, 0.15) is 11.6 Å². The van der Waals surface area contributed by atoms with Crippen LogP contribution < -0.4 is 15.1 Å². The number of pyridine rings is 1. The van der Waals surface area contributed by atoms with Crippen molar-refractivity contribution < 1.29 is 27.9 Å². The first-order valence-corrected chi connectivity index (χ1v) is 13.6. The molecular weight excluding hydrogens is 521 g/mol. The number of hydroxylamine groups is 1. The average Bonchev–Trinajstić information content (AvgIpc) is 2.95. The Morgan fingerprint density at radius 2 is 1.88 bits per heavy atom. The number of amides is 1. The lowest BCUT2D eigenvalue weighted by atomic mass is 9.73. The minimum Gasteiger partial charge on any atom is -0.497 e. The molecule has 0 spiro atoms. The predicted molar refractivity (Wildman–Crippen MR) is 148 cm³/mol. The first-order chi connectivity index (χ1) is 19.2. The van der Waals surface area contributed by atoms with Crippen LogP contribution in [0, 0.1) is 22.9 Å². The minimum atomic E-state index is -1.18. The molecule has 2 heterocycles. The molecular formula is C30H37F3N4O3. The third-order valence-corrected chi connectivity index (χ3v) is 8.11. The van der Waals surface area contributed by atoms with Crippen LogP contribution in [0.3, 0.4) is 0 Å². The summed E-state index contributed by atoms with van der Waals surface area (Å²) in [4.78, 5) is 21.7. The summed E-state index contributed by atoms with van der Waals surface area (Å²) < 4.78 is 46.4. The Morgan fingerprint density at radius 3 is 2.55 bits per heavy atom. The number of nitrogens with zero attached hydrogens (tertiary/aromatic N) is 3. The summed E-state index contributed by atoms with van der Waals surface area (Å²) in [5, 5.41) is 10.6. The van der Waals surface area contributed by atoms with Gasteiger partial charge in [-0.1, -0.05) is 0 Å². The number of likely N-dealkylation sites (tertiary alicyclic amines) is 1. The van der Waals surface area contributed by atoms with Gasteiger partial charge in [0.2, 0.25) is 5.91 Å². The monoisotopic (exact) mass is 558 g/mol. The molecule has 0 saturated carbocycles. The highest BCUT2D eigenvalue weighted by atomic mass is 19.2. The van der Waals surface area contributed by atoms with E-state index in [0.717, 1.165) is 46.8 Å². The number of aryl methyl sites for hydroxylation is 2. The van der Waals surface area contributed by atoms with Crippen LogP contribution in [0.4, 0.5) is 18.9 Å². The zero-order valence-corrected chi connectivity index (χ0v) is 23.3. The Hall–Kier alpha value is -3.37. The van der Waals surface area contributed by atoms with Crippen LogP contribution in [0.2, 0.25) is 0 Å². The number of carbonyl (C=O) groups is 1. The Morgan fingerprint density at radius 1 is 1.12 bits per heavy atom. The van der Waals surface area contributed by atoms with Gasteiger partial charge in [-0.15, -0.1) is 0 Å². The van der Waals surface area contributed by atoms with Crippen LogP contribution >= 0.6 is 0 Å². The predicted octanol–water partition coefficient (Wildman–Crippen LogP) is 5.27. The highest BCUT2D eigenvalue weighted by molar-refractivity contribution is 5.88. The molecule has 1 aliphatic heterocycles. The second kappa shape index (κ2) is 12.9. The van der Waals surface area contributed by atoms with Gasteiger partial charge >= 0.3 is 0 Å². The van der Waals surface area contributed by atoms with E-state index in [4.69, 9.17) is 4.74 Å². The standard InChI is InChI=1S/C30H37F3N4O3/c1-36(2)27-19-34-26-9-8-22(40-3)18-24(26)23(27)7-4-10-30(29(38)35-39)11-14-37(15-12-30)13-5-6-20-16-21(31)17-25(32)28(20)33/h8-9,16-19,39H,4-7,10-15H2,1-3H3,(H,35,38). The third-order valence-electron chi connectivity index (χ3n) is 8.11. The third kappa shape index (κ3) is 6.50. The van der Waals surface area contributed by atoms with Crippen LogP contribution in [0.25, 0.3) is 10.9 Å². The lowest BCUT2D eigenvalue weighted by Crippen LogP contribution is -2.48. The van der Waals surface area contributed by atoms with Crippen molar-refractivity contribution in [2.75, 3.05) is 45.7 Å². The van der Waals surface area contributed by atoms with Gasteiger partial charge in [0.25, 0.3) is 0 Å². The zero-order chi connectivity index (χ0) is 28.9. The van der Waals surface area contributed by atoms with Gasteiger partial charge in [-0.3, -0.25) is 15.0 Å². The van der Waals surface area contributed by atoms with Crippen molar-refractivity contribution >= 4 is 22.5 Å². The maximum absolute atomic E-state index is 14.0. The van der Waals surface area contributed by atoms with E-state index in [0.29, 0.717) is 51.4 Å². The van der Waals surface area contributed by atoms with Gasteiger partial charge in [-0.05, 0) is 100.0 Å². The van der Waals surface area contributed by atoms with Gasteiger partial charge in [0.05, 0.1) is 29.9 Å². The van der Waals surface area contributed by atoms with E-state index in [1.807, 2.05) is 48.9 Å². The molecule has 2 N–H and O–H groups in total. The van der Waals surface area contributed by atoms with Gasteiger partial charge in [-0.2, -0.15) is 0 Å². The molecule has 40 heavy (non-hydrogen) atoms. The molecule has 1 fully saturated rings. The molecule has 1 aliphatic rings. The minimum absolute atomic E-state index is 0.0295. The normalized spacial score (nSPS) is 15.3. The number of fused-ring (bicyclic) bond motifs is 1. The van der Waals surface area contributed by atoms with Crippen LogP contribution in [0.5, 0.6) is 5.75 Å². The van der Waals surface area contributed by atoms with Crippen molar-refractivity contribution in [2.45, 2.75) is 44.9 Å². The molecule has 0 radical (unpaired) electrons. The van der Waals surface area contributed by atoms with Crippen LogP contribution in [-0.4, -0.2) is 61.8 Å². The number of piperidine rings is 1. The lowest BCUT2D eigenvalue weighted by molar-refractivity contribution is -0.143. The fraction of sp³-hybridized carbons (Fsp3) is 0.467. The number of halogens is 3. The fourth-order valence-electron chi connectivity index (χ4n) is 5.79. The maximum atomic E-state index is 14.0. The maximum Gasteiger partial charge on any atom is 0.249 e. The number of ether oxygens (including phenoxy) is 1. The van der Waals surface area contributed by atoms with Gasteiger partial charge in [0, 0.05) is 25.5 Å². The number of nitrogens with one attached hydrogen (secondary N) is 1. The Kier molecular flexibility index (Phi) is 9.52. The summed E-state index contributed by atoms with van der Waals surface area (Å²) in [5.41, 5.74) is 4.22. The Labute approximate surface area is 232 Å². The molecule has 4 rings (SSSR count). The molecule has 216 valence electrons. The van der Waals surface area contributed by atoms with E-state index in [-0.39, 0.29) is 17.9 Å². The van der Waals surface area contributed by atoms with Crippen molar-refractivity contribution in [2.24, 2.45) is 5.41 Å². The summed E-state index contributed by atoms with van der Waals surface area (Å²) in [6, 6.07) is 7.39. The van der Waals surface area contributed by atoms with Gasteiger partial charge < -0.3 is 14.5 Å². The first kappa shape index (κ1) is 29.6. The molecule has 1 saturated heterocycles. The number of benzene rings is 2. The number of aromatic nitrogens is 1. The van der Waals surface area contributed by atoms with Crippen molar-refractivity contribution in [3.05, 3.63) is 65.1 Å². The molecule has 0 unspecified atom stereocenters. The summed E-state index contributed by atoms with van der Waals surface area (Å²) in [5.74, 6) is -2.59. The van der Waals surface area contributed by atoms with E-state index in [1.165, 1.54) is 0 Å². The van der Waals surface area contributed by atoms with Crippen molar-refractivity contribution in [1.82, 2.24) is 15.4 Å². The molecule has 0 atom stereocenters. The Balaban J connectivity index is 1.40. The average molecular weight is 559 g/mol. The number of carbonyl (C=O) groups excluding carboxylic acids is 1. The first-order valence-electron chi connectivity index (χ1n) is 13.6. The molecule has 0 bridgehead atoms. The number of anilines is 1. The summed E-state index contributed by atoms with van der Waals surface area (Å²) in [6.07, 6.45) is 5.80. The van der Waals surface area contributed by atoms with Crippen molar-refractivity contribution in [1.29, 1.82) is 0 Å². The molecule has 0 aliphatic carbocycles. The molecule has 1 amide bonds. The van der Waals surface area contributed by atoms with Crippen molar-refractivity contribution in [3.8, 4) is 5.75 Å². The van der Waals surface area contributed by atoms with E-state index in [2.05, 4.69) is 9.88 Å².